The van der Waals surface area contributed by atoms with Crippen molar-refractivity contribution in [3.63, 3.8) is 0 Å². The first kappa shape index (κ1) is 25.7. The number of nitrogens with one attached hydrogen (secondary N) is 2. The number of ketones is 1. The summed E-state index contributed by atoms with van der Waals surface area (Å²) in [7, 11) is 1.65. The molecule has 1 aliphatic heterocycles. The number of rotatable bonds is 8. The highest BCUT2D eigenvalue weighted by atomic mass is 16.5. The van der Waals surface area contributed by atoms with Crippen LogP contribution in [0.3, 0.4) is 0 Å². The van der Waals surface area contributed by atoms with E-state index in [-0.39, 0.29) is 23.8 Å². The lowest BCUT2D eigenvalue weighted by molar-refractivity contribution is -0.116. The van der Waals surface area contributed by atoms with E-state index in [0.717, 1.165) is 52.4 Å². The molecule has 0 saturated heterocycles. The summed E-state index contributed by atoms with van der Waals surface area (Å²) in [6.07, 6.45) is 2.16. The molecule has 0 bridgehead atoms. The Morgan fingerprint density at radius 2 is 1.66 bits per heavy atom. The molecule has 0 saturated carbocycles. The molecule has 3 aromatic carbocycles. The van der Waals surface area contributed by atoms with Gasteiger partial charge in [-0.25, -0.2) is 0 Å². The van der Waals surface area contributed by atoms with Gasteiger partial charge in [-0.2, -0.15) is 0 Å². The van der Waals surface area contributed by atoms with Crippen molar-refractivity contribution in [2.45, 2.75) is 58.1 Å². The van der Waals surface area contributed by atoms with Crippen LogP contribution in [0, 0.1) is 0 Å². The molecule has 0 aromatic heterocycles. The molecule has 1 aliphatic carbocycles. The van der Waals surface area contributed by atoms with Crippen molar-refractivity contribution >= 4 is 17.2 Å². The molecule has 5 rings (SSSR count). The van der Waals surface area contributed by atoms with Gasteiger partial charge >= 0.3 is 0 Å². The number of Topliss-reactive ketones (excluding diaryl/α,β-unsaturated/α-hetero) is 1. The largest absolute Gasteiger partial charge is 0.494 e. The second kappa shape index (κ2) is 11.2. The Balaban J connectivity index is 1.50. The molecule has 2 atom stereocenters. The topological polar surface area (TPSA) is 68.8 Å². The number of ether oxygens (including phenoxy) is 3. The molecule has 3 aromatic rings. The fourth-order valence-corrected chi connectivity index (χ4v) is 5.24. The van der Waals surface area contributed by atoms with Crippen LogP contribution in [0.15, 0.2) is 78.0 Å². The smallest absolute Gasteiger partial charge is 0.163 e. The second-order valence-electron chi connectivity index (χ2n) is 10.2. The number of hydrogen-bond acceptors (Lipinski definition) is 6. The first-order valence-corrected chi connectivity index (χ1v) is 13.4. The summed E-state index contributed by atoms with van der Waals surface area (Å²) in [4.78, 5) is 13.9. The predicted octanol–water partition coefficient (Wildman–Crippen LogP) is 7.25. The number of fused-ring (bicyclic) bond motifs is 1. The van der Waals surface area contributed by atoms with E-state index in [4.69, 9.17) is 14.2 Å². The summed E-state index contributed by atoms with van der Waals surface area (Å²) < 4.78 is 17.3. The van der Waals surface area contributed by atoms with E-state index in [1.807, 2.05) is 62.4 Å². The van der Waals surface area contributed by atoms with Crippen molar-refractivity contribution < 1.29 is 19.0 Å². The van der Waals surface area contributed by atoms with Crippen molar-refractivity contribution in [1.29, 1.82) is 0 Å². The van der Waals surface area contributed by atoms with Crippen molar-refractivity contribution in [2.24, 2.45) is 0 Å². The number of benzene rings is 3. The third-order valence-corrected chi connectivity index (χ3v) is 7.02. The molecular formula is C32H36N2O4. The van der Waals surface area contributed by atoms with E-state index in [1.165, 1.54) is 0 Å². The van der Waals surface area contributed by atoms with Crippen LogP contribution >= 0.6 is 0 Å². The van der Waals surface area contributed by atoms with Crippen LogP contribution in [-0.4, -0.2) is 25.6 Å². The van der Waals surface area contributed by atoms with Crippen molar-refractivity contribution in [1.82, 2.24) is 0 Å². The maximum atomic E-state index is 13.9. The molecule has 0 spiro atoms. The van der Waals surface area contributed by atoms with Gasteiger partial charge in [-0.15, -0.1) is 0 Å². The van der Waals surface area contributed by atoms with Gasteiger partial charge in [-0.1, -0.05) is 37.3 Å². The second-order valence-corrected chi connectivity index (χ2v) is 10.2. The lowest BCUT2D eigenvalue weighted by Crippen LogP contribution is -2.26. The van der Waals surface area contributed by atoms with Gasteiger partial charge in [0.1, 0.15) is 5.75 Å². The molecule has 0 radical (unpaired) electrons. The summed E-state index contributed by atoms with van der Waals surface area (Å²) in [6, 6.07) is 22.0. The fraction of sp³-hybridized carbons (Fsp3) is 0.344. The van der Waals surface area contributed by atoms with Crippen LogP contribution < -0.4 is 24.8 Å². The van der Waals surface area contributed by atoms with Crippen molar-refractivity contribution in [3.05, 3.63) is 89.1 Å². The summed E-state index contributed by atoms with van der Waals surface area (Å²) in [6.45, 7) is 6.76. The SMILES string of the molecule is CCCOc1ccc(C2Nc3ccccc3NC3=C2C(=O)CC(c2ccc(OC(C)C)c(OC)c2)C3)cc1. The maximum Gasteiger partial charge on any atom is 0.163 e. The molecular weight excluding hydrogens is 476 g/mol. The zero-order valence-electron chi connectivity index (χ0n) is 22.5. The number of hydrogen-bond donors (Lipinski definition) is 2. The standard InChI is InChI=1S/C32H36N2O4/c1-5-16-37-24-13-10-21(11-14-24)32-31-27(33-25-8-6-7-9-26(25)34-32)17-23(18-28(31)35)22-12-15-29(38-20(2)3)30(19-22)36-4/h6-15,19-20,23,32-34H,5,16-18H2,1-4H3. The Kier molecular flexibility index (Phi) is 7.59. The third-order valence-electron chi connectivity index (χ3n) is 7.02. The number of anilines is 2. The first-order valence-electron chi connectivity index (χ1n) is 13.4. The average molecular weight is 513 g/mol. The van der Waals surface area contributed by atoms with Gasteiger partial charge in [0.2, 0.25) is 0 Å². The maximum absolute atomic E-state index is 13.9. The molecule has 0 fully saturated rings. The first-order chi connectivity index (χ1) is 18.5. The van der Waals surface area contributed by atoms with Gasteiger partial charge in [0.05, 0.1) is 37.2 Å². The average Bonchev–Trinajstić information content (AvgIpc) is 3.09. The number of carbonyl (C=O) groups excluding carboxylic acids is 1. The lowest BCUT2D eigenvalue weighted by atomic mass is 9.78. The number of carbonyl (C=O) groups is 1. The van der Waals surface area contributed by atoms with E-state index in [1.54, 1.807) is 7.11 Å². The van der Waals surface area contributed by atoms with Crippen LogP contribution in [-0.2, 0) is 4.79 Å². The summed E-state index contributed by atoms with van der Waals surface area (Å²) in [5, 5.41) is 7.26. The highest BCUT2D eigenvalue weighted by Crippen LogP contribution is 2.45. The normalized spacial score (nSPS) is 18.6. The molecule has 38 heavy (non-hydrogen) atoms. The Morgan fingerprint density at radius 3 is 2.37 bits per heavy atom. The predicted molar refractivity (Wildman–Crippen MR) is 151 cm³/mol. The molecule has 2 unspecified atom stereocenters. The highest BCUT2D eigenvalue weighted by molar-refractivity contribution is 6.01. The van der Waals surface area contributed by atoms with Crippen LogP contribution in [0.1, 0.15) is 63.1 Å². The van der Waals surface area contributed by atoms with Crippen molar-refractivity contribution in [2.75, 3.05) is 24.4 Å². The van der Waals surface area contributed by atoms with E-state index >= 15 is 0 Å². The Hall–Kier alpha value is -3.93. The van der Waals surface area contributed by atoms with E-state index in [2.05, 4.69) is 35.8 Å². The minimum Gasteiger partial charge on any atom is -0.494 e. The molecule has 2 aliphatic rings. The molecule has 1 heterocycles. The van der Waals surface area contributed by atoms with E-state index in [9.17, 15) is 4.79 Å². The van der Waals surface area contributed by atoms with Gasteiger partial charge in [0.15, 0.2) is 17.3 Å². The van der Waals surface area contributed by atoms with Crippen LogP contribution in [0.2, 0.25) is 0 Å². The molecule has 0 amide bonds. The van der Waals surface area contributed by atoms with E-state index < -0.39 is 0 Å². The molecule has 2 N–H and O–H groups in total. The summed E-state index contributed by atoms with van der Waals surface area (Å²) >= 11 is 0. The van der Waals surface area contributed by atoms with Gasteiger partial charge in [-0.05, 0) is 80.1 Å². The zero-order valence-corrected chi connectivity index (χ0v) is 22.5. The summed E-state index contributed by atoms with van der Waals surface area (Å²) in [5.41, 5.74) is 5.80. The number of methoxy groups -OCH3 is 1. The number of allylic oxidation sites excluding steroid dienone is 1. The van der Waals surface area contributed by atoms with Gasteiger partial charge < -0.3 is 24.8 Å². The van der Waals surface area contributed by atoms with Gasteiger partial charge in [-0.3, -0.25) is 4.79 Å². The van der Waals surface area contributed by atoms with Gasteiger partial charge in [0.25, 0.3) is 0 Å². The van der Waals surface area contributed by atoms with Crippen LogP contribution in [0.4, 0.5) is 11.4 Å². The Morgan fingerprint density at radius 1 is 0.921 bits per heavy atom. The lowest BCUT2D eigenvalue weighted by Gasteiger charge is -2.30. The van der Waals surface area contributed by atoms with Crippen molar-refractivity contribution in [3.8, 4) is 17.2 Å². The van der Waals surface area contributed by atoms with E-state index in [0.29, 0.717) is 24.5 Å². The minimum absolute atomic E-state index is 0.0338. The Bertz CT molecular complexity index is 1330. The monoisotopic (exact) mass is 512 g/mol. The molecule has 198 valence electrons. The summed E-state index contributed by atoms with van der Waals surface area (Å²) in [5.74, 6) is 2.41. The number of para-hydroxylation sites is 2. The molecule has 6 heteroatoms. The molecule has 6 nitrogen and oxygen atoms in total. The van der Waals surface area contributed by atoms with Crippen LogP contribution in [0.5, 0.6) is 17.2 Å². The fourth-order valence-electron chi connectivity index (χ4n) is 5.24. The minimum atomic E-state index is -0.258. The quantitative estimate of drug-likeness (QED) is 0.331. The van der Waals surface area contributed by atoms with Crippen LogP contribution in [0.25, 0.3) is 0 Å². The third kappa shape index (κ3) is 5.35. The zero-order chi connectivity index (χ0) is 26.6. The Labute approximate surface area is 225 Å². The highest BCUT2D eigenvalue weighted by Gasteiger charge is 2.36. The van der Waals surface area contributed by atoms with Gasteiger partial charge in [0, 0.05) is 17.7 Å².